The summed E-state index contributed by atoms with van der Waals surface area (Å²) in [5.74, 6) is -0.308. The number of nitrogens with two attached hydrogens (primary N) is 1. The van der Waals surface area contributed by atoms with Gasteiger partial charge in [0.2, 0.25) is 5.91 Å². The summed E-state index contributed by atoms with van der Waals surface area (Å²) in [6.07, 6.45) is 2.33. The Morgan fingerprint density at radius 1 is 1.56 bits per heavy atom. The molecule has 1 fully saturated rings. The average Bonchev–Trinajstić information content (AvgIpc) is 2.29. The first kappa shape index (κ1) is 12.8. The monoisotopic (exact) mass is 252 g/mol. The van der Waals surface area contributed by atoms with Crippen LogP contribution in [0.4, 0.5) is 10.1 Å². The van der Waals surface area contributed by atoms with E-state index in [0.29, 0.717) is 30.9 Å². The Morgan fingerprint density at radius 3 is 2.83 bits per heavy atom. The lowest BCUT2D eigenvalue weighted by Crippen LogP contribution is -2.56. The zero-order valence-electron chi connectivity index (χ0n) is 10.3. The first-order chi connectivity index (χ1) is 8.55. The number of nitrogens with one attached hydrogen (secondary N) is 1. The highest BCUT2D eigenvalue weighted by molar-refractivity contribution is 5.99. The van der Waals surface area contributed by atoms with Crippen LogP contribution in [0.25, 0.3) is 0 Å². The lowest BCUT2D eigenvalue weighted by Gasteiger charge is -2.36. The van der Waals surface area contributed by atoms with E-state index < -0.39 is 11.4 Å². The summed E-state index contributed by atoms with van der Waals surface area (Å²) in [5, 5.41) is 2.71. The van der Waals surface area contributed by atoms with Crippen LogP contribution in [0, 0.1) is 5.82 Å². The number of hydrogen-bond donors (Lipinski definition) is 2. The maximum atomic E-state index is 13.1. The topological polar surface area (TPSA) is 64.3 Å². The highest BCUT2D eigenvalue weighted by Crippen LogP contribution is 2.32. The maximum Gasteiger partial charge on any atom is 0.244 e. The molecule has 1 aromatic rings. The quantitative estimate of drug-likeness (QED) is 0.862. The Hall–Kier alpha value is -1.62. The smallest absolute Gasteiger partial charge is 0.244 e. The van der Waals surface area contributed by atoms with E-state index in [1.54, 1.807) is 6.92 Å². The molecule has 1 saturated carbocycles. The van der Waals surface area contributed by atoms with Crippen molar-refractivity contribution < 1.29 is 13.9 Å². The van der Waals surface area contributed by atoms with Crippen molar-refractivity contribution in [1.29, 1.82) is 0 Å². The zero-order chi connectivity index (χ0) is 13.2. The number of rotatable bonds is 4. The van der Waals surface area contributed by atoms with Crippen LogP contribution in [0.3, 0.4) is 0 Å². The largest absolute Gasteiger partial charge is 0.492 e. The van der Waals surface area contributed by atoms with Crippen molar-refractivity contribution in [3.05, 3.63) is 24.0 Å². The first-order valence-electron chi connectivity index (χ1n) is 6.08. The van der Waals surface area contributed by atoms with Crippen molar-refractivity contribution in [2.24, 2.45) is 5.73 Å². The highest BCUT2D eigenvalue weighted by Gasteiger charge is 2.40. The van der Waals surface area contributed by atoms with Crippen LogP contribution in [0.1, 0.15) is 26.2 Å². The Kier molecular flexibility index (Phi) is 3.52. The summed E-state index contributed by atoms with van der Waals surface area (Å²) in [6, 6.07) is 4.02. The SMILES string of the molecule is CCOc1cc(F)ccc1NC(=O)C1(N)CCC1. The second-order valence-electron chi connectivity index (χ2n) is 4.54. The van der Waals surface area contributed by atoms with Crippen molar-refractivity contribution in [3.8, 4) is 5.75 Å². The van der Waals surface area contributed by atoms with Gasteiger partial charge >= 0.3 is 0 Å². The molecule has 0 saturated heterocycles. The van der Waals surface area contributed by atoms with Crippen LogP contribution >= 0.6 is 0 Å². The number of anilines is 1. The fourth-order valence-electron chi connectivity index (χ4n) is 1.91. The van der Waals surface area contributed by atoms with E-state index in [1.165, 1.54) is 18.2 Å². The van der Waals surface area contributed by atoms with Gasteiger partial charge in [-0.2, -0.15) is 0 Å². The van der Waals surface area contributed by atoms with Gasteiger partial charge in [-0.05, 0) is 38.3 Å². The Labute approximate surface area is 105 Å². The minimum Gasteiger partial charge on any atom is -0.492 e. The molecule has 3 N–H and O–H groups in total. The average molecular weight is 252 g/mol. The van der Waals surface area contributed by atoms with Gasteiger partial charge in [0.25, 0.3) is 0 Å². The first-order valence-corrected chi connectivity index (χ1v) is 6.08. The van der Waals surface area contributed by atoms with Crippen molar-refractivity contribution in [1.82, 2.24) is 0 Å². The van der Waals surface area contributed by atoms with Gasteiger partial charge in [0.1, 0.15) is 11.6 Å². The number of benzene rings is 1. The molecule has 5 heteroatoms. The number of carbonyl (C=O) groups is 1. The molecule has 4 nitrogen and oxygen atoms in total. The lowest BCUT2D eigenvalue weighted by molar-refractivity contribution is -0.123. The van der Waals surface area contributed by atoms with Crippen molar-refractivity contribution >= 4 is 11.6 Å². The molecule has 18 heavy (non-hydrogen) atoms. The minimum atomic E-state index is -0.780. The fourth-order valence-corrected chi connectivity index (χ4v) is 1.91. The maximum absolute atomic E-state index is 13.1. The van der Waals surface area contributed by atoms with Crippen LogP contribution in [0.2, 0.25) is 0 Å². The zero-order valence-corrected chi connectivity index (χ0v) is 10.3. The number of carbonyl (C=O) groups excluding carboxylic acids is 1. The Balaban J connectivity index is 2.15. The molecule has 0 unspecified atom stereocenters. The van der Waals surface area contributed by atoms with Gasteiger partial charge in [-0.25, -0.2) is 4.39 Å². The molecule has 0 radical (unpaired) electrons. The summed E-state index contributed by atoms with van der Waals surface area (Å²) in [4.78, 5) is 12.0. The third-order valence-electron chi connectivity index (χ3n) is 3.19. The van der Waals surface area contributed by atoms with Crippen LogP contribution in [-0.4, -0.2) is 18.1 Å². The summed E-state index contributed by atoms with van der Waals surface area (Å²) < 4.78 is 18.4. The van der Waals surface area contributed by atoms with Crippen molar-refractivity contribution in [2.45, 2.75) is 31.7 Å². The molecule has 1 aliphatic rings. The minimum absolute atomic E-state index is 0.235. The van der Waals surface area contributed by atoms with E-state index in [-0.39, 0.29) is 5.91 Å². The molecular weight excluding hydrogens is 235 g/mol. The molecule has 0 bridgehead atoms. The third kappa shape index (κ3) is 2.46. The predicted molar refractivity (Wildman–Crippen MR) is 67.0 cm³/mol. The Bertz CT molecular complexity index is 458. The molecule has 2 rings (SSSR count). The van der Waals surface area contributed by atoms with Gasteiger partial charge in [-0.1, -0.05) is 0 Å². The number of halogens is 1. The summed E-state index contributed by atoms with van der Waals surface area (Å²) >= 11 is 0. The van der Waals surface area contributed by atoms with Gasteiger partial charge < -0.3 is 15.8 Å². The van der Waals surface area contributed by atoms with Crippen molar-refractivity contribution in [3.63, 3.8) is 0 Å². The van der Waals surface area contributed by atoms with E-state index >= 15 is 0 Å². The molecule has 1 aromatic carbocycles. The summed E-state index contributed by atoms with van der Waals surface area (Å²) in [6.45, 7) is 2.20. The number of ether oxygens (including phenoxy) is 1. The van der Waals surface area contributed by atoms with E-state index in [0.717, 1.165) is 6.42 Å². The molecular formula is C13H17FN2O2. The summed E-state index contributed by atoms with van der Waals surface area (Å²) in [7, 11) is 0. The van der Waals surface area contributed by atoms with Crippen LogP contribution < -0.4 is 15.8 Å². The second kappa shape index (κ2) is 4.94. The molecule has 0 aromatic heterocycles. The van der Waals surface area contributed by atoms with E-state index in [1.807, 2.05) is 0 Å². The van der Waals surface area contributed by atoms with Crippen molar-refractivity contribution in [2.75, 3.05) is 11.9 Å². The summed E-state index contributed by atoms with van der Waals surface area (Å²) in [5.41, 5.74) is 5.60. The van der Waals surface area contributed by atoms with Gasteiger partial charge in [-0.3, -0.25) is 4.79 Å². The number of hydrogen-bond acceptors (Lipinski definition) is 3. The lowest BCUT2D eigenvalue weighted by atomic mass is 9.77. The Morgan fingerprint density at radius 2 is 2.28 bits per heavy atom. The highest BCUT2D eigenvalue weighted by atomic mass is 19.1. The van der Waals surface area contributed by atoms with Crippen LogP contribution in [-0.2, 0) is 4.79 Å². The van der Waals surface area contributed by atoms with E-state index in [2.05, 4.69) is 5.32 Å². The molecule has 0 heterocycles. The molecule has 0 spiro atoms. The third-order valence-corrected chi connectivity index (χ3v) is 3.19. The van der Waals surface area contributed by atoms with Crippen LogP contribution in [0.15, 0.2) is 18.2 Å². The second-order valence-corrected chi connectivity index (χ2v) is 4.54. The molecule has 1 amide bonds. The van der Waals surface area contributed by atoms with Gasteiger partial charge in [0, 0.05) is 6.07 Å². The molecule has 1 aliphatic carbocycles. The van der Waals surface area contributed by atoms with Crippen LogP contribution in [0.5, 0.6) is 5.75 Å². The van der Waals surface area contributed by atoms with Gasteiger partial charge in [0.05, 0.1) is 17.8 Å². The molecule has 0 aliphatic heterocycles. The standard InChI is InChI=1S/C13H17FN2O2/c1-2-18-11-8-9(14)4-5-10(11)16-12(17)13(15)6-3-7-13/h4-5,8H,2-3,6-7,15H2,1H3,(H,16,17). The van der Waals surface area contributed by atoms with E-state index in [4.69, 9.17) is 10.5 Å². The van der Waals surface area contributed by atoms with Gasteiger partial charge in [-0.15, -0.1) is 0 Å². The fraction of sp³-hybridized carbons (Fsp3) is 0.462. The molecule has 98 valence electrons. The van der Waals surface area contributed by atoms with E-state index in [9.17, 15) is 9.18 Å². The van der Waals surface area contributed by atoms with Gasteiger partial charge in [0.15, 0.2) is 0 Å². The normalized spacial score (nSPS) is 16.8. The number of amides is 1. The predicted octanol–water partition coefficient (Wildman–Crippen LogP) is 2.04. The molecule has 0 atom stereocenters.